The van der Waals surface area contributed by atoms with Gasteiger partial charge in [0.15, 0.2) is 6.10 Å². The molecule has 138 valence electrons. The molecule has 2 rings (SSSR count). The van der Waals surface area contributed by atoms with E-state index in [-0.39, 0.29) is 5.91 Å². The van der Waals surface area contributed by atoms with Crippen LogP contribution in [0.5, 0.6) is 5.75 Å². The number of hydrogen-bond acceptors (Lipinski definition) is 4. The Labute approximate surface area is 149 Å². The number of allylic oxidation sites excluding steroid dienone is 1. The summed E-state index contributed by atoms with van der Waals surface area (Å²) in [7, 11) is -1.81. The molecule has 0 aliphatic heterocycles. The van der Waals surface area contributed by atoms with Crippen LogP contribution in [0.25, 0.3) is 0 Å². The molecule has 25 heavy (non-hydrogen) atoms. The summed E-state index contributed by atoms with van der Waals surface area (Å²) >= 11 is 0. The Hall–Kier alpha value is -2.02. The molecule has 1 amide bonds. The molecular formula is C18H26N2O4S. The van der Waals surface area contributed by atoms with E-state index in [2.05, 4.69) is 11.4 Å². The lowest BCUT2D eigenvalue weighted by atomic mass is 10.00. The first-order chi connectivity index (χ1) is 11.8. The molecule has 1 aromatic carbocycles. The van der Waals surface area contributed by atoms with Crippen LogP contribution in [-0.4, -0.2) is 40.3 Å². The number of rotatable bonds is 7. The van der Waals surface area contributed by atoms with Gasteiger partial charge < -0.3 is 10.1 Å². The molecule has 0 saturated carbocycles. The van der Waals surface area contributed by atoms with Gasteiger partial charge in [-0.15, -0.1) is 0 Å². The van der Waals surface area contributed by atoms with Crippen LogP contribution in [0.2, 0.25) is 0 Å². The third-order valence-electron chi connectivity index (χ3n) is 4.25. The Kier molecular flexibility index (Phi) is 6.47. The van der Waals surface area contributed by atoms with Crippen molar-refractivity contribution in [2.45, 2.75) is 38.7 Å². The molecule has 1 aliphatic rings. The number of carbonyl (C=O) groups is 1. The summed E-state index contributed by atoms with van der Waals surface area (Å²) in [5.41, 5.74) is 1.82. The number of nitrogens with zero attached hydrogens (tertiary/aromatic N) is 1. The quantitative estimate of drug-likeness (QED) is 0.752. The van der Waals surface area contributed by atoms with Crippen molar-refractivity contribution in [1.29, 1.82) is 0 Å². The minimum absolute atomic E-state index is 0.163. The van der Waals surface area contributed by atoms with Crippen molar-refractivity contribution < 1.29 is 17.9 Å². The Bertz CT molecular complexity index is 726. The van der Waals surface area contributed by atoms with Crippen LogP contribution < -0.4 is 14.4 Å². The lowest BCUT2D eigenvalue weighted by molar-refractivity contribution is -0.127. The van der Waals surface area contributed by atoms with Gasteiger partial charge in [0.2, 0.25) is 10.0 Å². The largest absolute Gasteiger partial charge is 0.481 e. The summed E-state index contributed by atoms with van der Waals surface area (Å²) in [4.78, 5) is 12.1. The molecule has 1 unspecified atom stereocenters. The topological polar surface area (TPSA) is 75.7 Å². The second kappa shape index (κ2) is 8.38. The SMILES string of the molecule is CC(Oc1ccc(N(C)S(C)(=O)=O)cc1)C(=O)NCC1=CCCCC1. The van der Waals surface area contributed by atoms with Gasteiger partial charge in [-0.2, -0.15) is 0 Å². The van der Waals surface area contributed by atoms with E-state index < -0.39 is 16.1 Å². The maximum atomic E-state index is 12.1. The number of nitrogens with one attached hydrogen (secondary N) is 1. The summed E-state index contributed by atoms with van der Waals surface area (Å²) in [5, 5.41) is 2.90. The molecule has 0 aromatic heterocycles. The molecular weight excluding hydrogens is 340 g/mol. The zero-order chi connectivity index (χ0) is 18.4. The minimum atomic E-state index is -3.30. The fraction of sp³-hybridized carbons (Fsp3) is 0.500. The fourth-order valence-corrected chi connectivity index (χ4v) is 3.10. The van der Waals surface area contributed by atoms with E-state index in [9.17, 15) is 13.2 Å². The van der Waals surface area contributed by atoms with Gasteiger partial charge in [-0.25, -0.2) is 8.42 Å². The monoisotopic (exact) mass is 366 g/mol. The zero-order valence-electron chi connectivity index (χ0n) is 15.0. The molecule has 0 bridgehead atoms. The van der Waals surface area contributed by atoms with Crippen molar-refractivity contribution in [2.75, 3.05) is 24.2 Å². The Morgan fingerprint density at radius 2 is 1.96 bits per heavy atom. The molecule has 1 atom stereocenters. The van der Waals surface area contributed by atoms with E-state index in [0.717, 1.165) is 19.1 Å². The van der Waals surface area contributed by atoms with E-state index in [1.54, 1.807) is 31.2 Å². The molecule has 0 saturated heterocycles. The zero-order valence-corrected chi connectivity index (χ0v) is 15.8. The first-order valence-corrected chi connectivity index (χ1v) is 10.3. The van der Waals surface area contributed by atoms with Crippen LogP contribution in [0, 0.1) is 0 Å². The maximum Gasteiger partial charge on any atom is 0.261 e. The van der Waals surface area contributed by atoms with E-state index in [0.29, 0.717) is 18.0 Å². The van der Waals surface area contributed by atoms with Gasteiger partial charge >= 0.3 is 0 Å². The average molecular weight is 366 g/mol. The fourth-order valence-electron chi connectivity index (χ4n) is 2.59. The van der Waals surface area contributed by atoms with Gasteiger partial charge in [0.25, 0.3) is 5.91 Å². The molecule has 0 spiro atoms. The summed E-state index contributed by atoms with van der Waals surface area (Å²) < 4.78 is 29.9. The average Bonchev–Trinajstić information content (AvgIpc) is 2.59. The van der Waals surface area contributed by atoms with Gasteiger partial charge in [0.05, 0.1) is 11.9 Å². The lowest BCUT2D eigenvalue weighted by Crippen LogP contribution is -2.37. The van der Waals surface area contributed by atoms with Crippen molar-refractivity contribution in [3.05, 3.63) is 35.9 Å². The molecule has 1 aliphatic carbocycles. The van der Waals surface area contributed by atoms with Crippen molar-refractivity contribution in [2.24, 2.45) is 0 Å². The molecule has 0 radical (unpaired) electrons. The van der Waals surface area contributed by atoms with Crippen molar-refractivity contribution in [3.8, 4) is 5.75 Å². The maximum absolute atomic E-state index is 12.1. The predicted octanol–water partition coefficient (Wildman–Crippen LogP) is 2.47. The first-order valence-electron chi connectivity index (χ1n) is 8.43. The molecule has 0 fully saturated rings. The van der Waals surface area contributed by atoms with E-state index in [1.807, 2.05) is 0 Å². The number of benzene rings is 1. The number of anilines is 1. The minimum Gasteiger partial charge on any atom is -0.481 e. The third kappa shape index (κ3) is 5.77. The van der Waals surface area contributed by atoms with E-state index >= 15 is 0 Å². The summed E-state index contributed by atoms with van der Waals surface area (Å²) in [5.74, 6) is 0.356. The van der Waals surface area contributed by atoms with E-state index in [4.69, 9.17) is 4.74 Å². The lowest BCUT2D eigenvalue weighted by Gasteiger charge is -2.19. The number of ether oxygens (including phenoxy) is 1. The van der Waals surface area contributed by atoms with Gasteiger partial charge in [-0.1, -0.05) is 11.6 Å². The van der Waals surface area contributed by atoms with Gasteiger partial charge in [-0.05, 0) is 56.9 Å². The highest BCUT2D eigenvalue weighted by molar-refractivity contribution is 7.92. The number of hydrogen-bond donors (Lipinski definition) is 1. The van der Waals surface area contributed by atoms with Crippen LogP contribution in [-0.2, 0) is 14.8 Å². The van der Waals surface area contributed by atoms with E-state index in [1.165, 1.54) is 29.8 Å². The first kappa shape index (κ1) is 19.3. The smallest absolute Gasteiger partial charge is 0.261 e. The third-order valence-corrected chi connectivity index (χ3v) is 5.46. The van der Waals surface area contributed by atoms with Crippen molar-refractivity contribution >= 4 is 21.6 Å². The van der Waals surface area contributed by atoms with Crippen LogP contribution in [0.15, 0.2) is 35.9 Å². The number of sulfonamides is 1. The van der Waals surface area contributed by atoms with Gasteiger partial charge in [0, 0.05) is 13.6 Å². The number of amides is 1. The second-order valence-electron chi connectivity index (χ2n) is 6.31. The number of carbonyl (C=O) groups excluding carboxylic acids is 1. The second-order valence-corrected chi connectivity index (χ2v) is 8.32. The Morgan fingerprint density at radius 1 is 1.28 bits per heavy atom. The normalized spacial score (nSPS) is 15.9. The van der Waals surface area contributed by atoms with Crippen LogP contribution in [0.4, 0.5) is 5.69 Å². The summed E-state index contributed by atoms with van der Waals surface area (Å²) in [6.07, 6.45) is 7.26. The standard InChI is InChI=1S/C18H26N2O4S/c1-14(18(21)19-13-15-7-5-4-6-8-15)24-17-11-9-16(10-12-17)20(2)25(3,22)23/h7,9-12,14H,4-6,8,13H2,1-3H3,(H,19,21). The van der Waals surface area contributed by atoms with Crippen LogP contribution in [0.1, 0.15) is 32.6 Å². The van der Waals surface area contributed by atoms with Crippen LogP contribution >= 0.6 is 0 Å². The molecule has 6 nitrogen and oxygen atoms in total. The Balaban J connectivity index is 1.88. The van der Waals surface area contributed by atoms with Crippen molar-refractivity contribution in [1.82, 2.24) is 5.32 Å². The van der Waals surface area contributed by atoms with Crippen LogP contribution in [0.3, 0.4) is 0 Å². The summed E-state index contributed by atoms with van der Waals surface area (Å²) in [6.45, 7) is 2.27. The van der Waals surface area contributed by atoms with Gasteiger partial charge in [0.1, 0.15) is 5.75 Å². The molecule has 1 aromatic rings. The van der Waals surface area contributed by atoms with Gasteiger partial charge in [-0.3, -0.25) is 9.10 Å². The van der Waals surface area contributed by atoms with Crippen molar-refractivity contribution in [3.63, 3.8) is 0 Å². The predicted molar refractivity (Wildman–Crippen MR) is 99.3 cm³/mol. The highest BCUT2D eigenvalue weighted by atomic mass is 32.2. The highest BCUT2D eigenvalue weighted by Crippen LogP contribution is 2.21. The molecule has 0 heterocycles. The molecule has 1 N–H and O–H groups in total. The highest BCUT2D eigenvalue weighted by Gasteiger charge is 2.16. The Morgan fingerprint density at radius 3 is 2.52 bits per heavy atom. The molecule has 7 heteroatoms. The summed E-state index contributed by atoms with van der Waals surface area (Å²) in [6, 6.07) is 6.61.